The SMILES string of the molecule is Cc1n(C)c2ccccc2[n+]1CCSSCC[n+]1c(C)n(C)c2ccccc21. The van der Waals surface area contributed by atoms with E-state index in [-0.39, 0.29) is 0 Å². The highest BCUT2D eigenvalue weighted by molar-refractivity contribution is 8.76. The van der Waals surface area contributed by atoms with Crippen molar-refractivity contribution in [3.8, 4) is 0 Å². The Kier molecular flexibility index (Phi) is 5.69. The van der Waals surface area contributed by atoms with Gasteiger partial charge in [-0.3, -0.25) is 0 Å². The van der Waals surface area contributed by atoms with Gasteiger partial charge in [-0.25, -0.2) is 18.3 Å². The fraction of sp³-hybridized carbons (Fsp3) is 0.364. The predicted octanol–water partition coefficient (Wildman–Crippen LogP) is 3.94. The molecule has 0 atom stereocenters. The van der Waals surface area contributed by atoms with Crippen LogP contribution in [0.25, 0.3) is 22.1 Å². The monoisotopic (exact) mass is 412 g/mol. The molecule has 0 saturated carbocycles. The van der Waals surface area contributed by atoms with Crippen LogP contribution >= 0.6 is 21.6 Å². The quantitative estimate of drug-likeness (QED) is 0.260. The number of rotatable bonds is 7. The van der Waals surface area contributed by atoms with E-state index in [1.54, 1.807) is 0 Å². The third-order valence-electron chi connectivity index (χ3n) is 5.70. The molecule has 28 heavy (non-hydrogen) atoms. The van der Waals surface area contributed by atoms with Crippen molar-refractivity contribution in [2.24, 2.45) is 14.1 Å². The van der Waals surface area contributed by atoms with Crippen molar-refractivity contribution in [2.75, 3.05) is 11.5 Å². The summed E-state index contributed by atoms with van der Waals surface area (Å²) in [6.45, 7) is 6.51. The number of imidazole rings is 2. The summed E-state index contributed by atoms with van der Waals surface area (Å²) in [6.07, 6.45) is 0. The van der Waals surface area contributed by atoms with E-state index >= 15 is 0 Å². The van der Waals surface area contributed by atoms with Gasteiger partial charge < -0.3 is 0 Å². The number of nitrogens with zero attached hydrogens (tertiary/aromatic N) is 4. The number of benzene rings is 2. The zero-order valence-corrected chi connectivity index (χ0v) is 18.7. The Hall–Kier alpha value is -1.92. The van der Waals surface area contributed by atoms with E-state index in [2.05, 4.69) is 94.7 Å². The van der Waals surface area contributed by atoms with Gasteiger partial charge in [-0.15, -0.1) is 0 Å². The first-order valence-corrected chi connectivity index (χ1v) is 12.2. The third kappa shape index (κ3) is 3.44. The van der Waals surface area contributed by atoms with E-state index in [0.717, 1.165) is 24.6 Å². The lowest BCUT2D eigenvalue weighted by Gasteiger charge is -2.02. The highest BCUT2D eigenvalue weighted by atomic mass is 33.1. The fourth-order valence-corrected chi connectivity index (χ4v) is 5.86. The predicted molar refractivity (Wildman–Crippen MR) is 121 cm³/mol. The zero-order chi connectivity index (χ0) is 19.7. The maximum Gasteiger partial charge on any atom is 0.254 e. The van der Waals surface area contributed by atoms with Gasteiger partial charge in [-0.2, -0.15) is 0 Å². The van der Waals surface area contributed by atoms with Crippen LogP contribution in [0.15, 0.2) is 48.5 Å². The first kappa shape index (κ1) is 19.4. The van der Waals surface area contributed by atoms with E-state index < -0.39 is 0 Å². The van der Waals surface area contributed by atoms with E-state index in [9.17, 15) is 0 Å². The molecule has 2 heterocycles. The van der Waals surface area contributed by atoms with E-state index in [0.29, 0.717) is 0 Å². The van der Waals surface area contributed by atoms with Crippen LogP contribution in [0, 0.1) is 13.8 Å². The Morgan fingerprint density at radius 3 is 1.50 bits per heavy atom. The molecule has 0 spiro atoms. The van der Waals surface area contributed by atoms with Crippen molar-refractivity contribution in [2.45, 2.75) is 26.9 Å². The van der Waals surface area contributed by atoms with Crippen LogP contribution in [-0.4, -0.2) is 20.6 Å². The summed E-state index contributed by atoms with van der Waals surface area (Å²) in [5.74, 6) is 4.86. The smallest absolute Gasteiger partial charge is 0.230 e. The summed E-state index contributed by atoms with van der Waals surface area (Å²) in [5.41, 5.74) is 5.27. The van der Waals surface area contributed by atoms with E-state index in [1.165, 1.54) is 33.7 Å². The van der Waals surface area contributed by atoms with Crippen LogP contribution in [0.3, 0.4) is 0 Å². The van der Waals surface area contributed by atoms with Crippen LogP contribution in [0.4, 0.5) is 0 Å². The molecule has 2 aromatic carbocycles. The number of hydrogen-bond acceptors (Lipinski definition) is 2. The molecule has 0 aliphatic carbocycles. The maximum atomic E-state index is 2.44. The lowest BCUT2D eigenvalue weighted by atomic mass is 10.3. The van der Waals surface area contributed by atoms with Crippen molar-refractivity contribution in [3.05, 3.63) is 60.2 Å². The van der Waals surface area contributed by atoms with Gasteiger partial charge in [0.05, 0.1) is 14.1 Å². The Morgan fingerprint density at radius 1 is 0.679 bits per heavy atom. The molecule has 2 aromatic heterocycles. The second kappa shape index (κ2) is 8.21. The number of fused-ring (bicyclic) bond motifs is 2. The van der Waals surface area contributed by atoms with Crippen molar-refractivity contribution >= 4 is 43.7 Å². The Bertz CT molecular complexity index is 1040. The number of aryl methyl sites for hydroxylation is 4. The molecule has 4 nitrogen and oxygen atoms in total. The molecule has 0 aliphatic rings. The summed E-state index contributed by atoms with van der Waals surface area (Å²) in [4.78, 5) is 0. The van der Waals surface area contributed by atoms with Crippen molar-refractivity contribution in [1.29, 1.82) is 0 Å². The minimum atomic E-state index is 1.05. The minimum Gasteiger partial charge on any atom is -0.230 e. The van der Waals surface area contributed by atoms with Gasteiger partial charge in [0.2, 0.25) is 0 Å². The van der Waals surface area contributed by atoms with Gasteiger partial charge in [0.1, 0.15) is 13.1 Å². The average molecular weight is 413 g/mol. The summed E-state index contributed by atoms with van der Waals surface area (Å²) in [7, 11) is 8.26. The lowest BCUT2D eigenvalue weighted by molar-refractivity contribution is -0.674. The minimum absolute atomic E-state index is 1.05. The number of para-hydroxylation sites is 4. The lowest BCUT2D eigenvalue weighted by Crippen LogP contribution is -2.38. The van der Waals surface area contributed by atoms with E-state index in [4.69, 9.17) is 0 Å². The van der Waals surface area contributed by atoms with Crippen LogP contribution in [0.5, 0.6) is 0 Å². The second-order valence-corrected chi connectivity index (χ2v) is 9.84. The molecule has 6 heteroatoms. The number of hydrogen-bond donors (Lipinski definition) is 0. The first-order chi connectivity index (χ1) is 13.6. The Balaban J connectivity index is 1.33. The highest BCUT2D eigenvalue weighted by Gasteiger charge is 2.19. The largest absolute Gasteiger partial charge is 0.254 e. The van der Waals surface area contributed by atoms with Crippen molar-refractivity contribution < 1.29 is 9.13 Å². The molecule has 0 saturated heterocycles. The molecular weight excluding hydrogens is 384 g/mol. The molecule has 0 bridgehead atoms. The first-order valence-electron chi connectivity index (χ1n) is 9.71. The molecule has 4 aromatic rings. The van der Waals surface area contributed by atoms with Crippen molar-refractivity contribution in [3.63, 3.8) is 0 Å². The van der Waals surface area contributed by atoms with Gasteiger partial charge in [0.25, 0.3) is 11.6 Å². The number of aromatic nitrogens is 4. The molecular formula is C22H28N4S2+2. The third-order valence-corrected chi connectivity index (χ3v) is 8.06. The van der Waals surface area contributed by atoms with Gasteiger partial charge in [-0.1, -0.05) is 45.9 Å². The Morgan fingerprint density at radius 2 is 1.07 bits per heavy atom. The summed E-state index contributed by atoms with van der Waals surface area (Å²) in [5, 5.41) is 0. The van der Waals surface area contributed by atoms with Crippen LogP contribution in [0.2, 0.25) is 0 Å². The normalized spacial score (nSPS) is 11.7. The van der Waals surface area contributed by atoms with E-state index in [1.807, 2.05) is 21.6 Å². The summed E-state index contributed by atoms with van der Waals surface area (Å²) < 4.78 is 9.44. The molecule has 4 rings (SSSR count). The molecule has 0 unspecified atom stereocenters. The van der Waals surface area contributed by atoms with Gasteiger partial charge in [-0.05, 0) is 24.3 Å². The highest BCUT2D eigenvalue weighted by Crippen LogP contribution is 2.22. The molecule has 0 amide bonds. The summed E-state index contributed by atoms with van der Waals surface area (Å²) in [6, 6.07) is 17.3. The zero-order valence-electron chi connectivity index (χ0n) is 17.1. The van der Waals surface area contributed by atoms with Gasteiger partial charge >= 0.3 is 0 Å². The molecule has 0 N–H and O–H groups in total. The molecule has 0 fully saturated rings. The molecule has 0 aliphatic heterocycles. The maximum absolute atomic E-state index is 2.44. The fourth-order valence-electron chi connectivity index (χ4n) is 3.95. The topological polar surface area (TPSA) is 17.6 Å². The van der Waals surface area contributed by atoms with Gasteiger partial charge in [0.15, 0.2) is 22.1 Å². The molecule has 146 valence electrons. The van der Waals surface area contributed by atoms with Crippen LogP contribution < -0.4 is 9.13 Å². The van der Waals surface area contributed by atoms with Crippen molar-refractivity contribution in [1.82, 2.24) is 9.13 Å². The standard InChI is InChI=1S/C22H28N4S2/c1-17-23(3)19-9-5-7-11-21(19)25(17)13-15-27-28-16-14-26-18(2)24(4)20-10-6-8-12-22(20)26/h5-12H,13-16H2,1-4H3/q+2. The molecule has 0 radical (unpaired) electrons. The summed E-state index contributed by atoms with van der Waals surface area (Å²) >= 11 is 0. The van der Waals surface area contributed by atoms with Gasteiger partial charge in [0, 0.05) is 25.4 Å². The Labute approximate surface area is 174 Å². The van der Waals surface area contributed by atoms with Crippen LogP contribution in [0.1, 0.15) is 11.6 Å². The second-order valence-electron chi connectivity index (χ2n) is 7.14. The van der Waals surface area contributed by atoms with Crippen LogP contribution in [-0.2, 0) is 27.2 Å². The average Bonchev–Trinajstić information content (AvgIpc) is 3.11.